The summed E-state index contributed by atoms with van der Waals surface area (Å²) in [6.07, 6.45) is 6.36. The maximum Gasteiger partial charge on any atom is 0.129 e. The fraction of sp³-hybridized carbons (Fsp3) is 0.577. The molecule has 4 atom stereocenters. The van der Waals surface area contributed by atoms with Crippen LogP contribution in [-0.2, 0) is 16.0 Å². The Morgan fingerprint density at radius 2 is 2.16 bits per heavy atom. The largest absolute Gasteiger partial charge is 0.498 e. The minimum atomic E-state index is 0.289. The van der Waals surface area contributed by atoms with Crippen LogP contribution < -0.4 is 4.74 Å². The molecule has 1 aromatic heterocycles. The third-order valence-electron chi connectivity index (χ3n) is 7.27. The number of rotatable bonds is 3. The van der Waals surface area contributed by atoms with Crippen LogP contribution in [0.4, 0.5) is 0 Å². The maximum absolute atomic E-state index is 10.0. The number of piperidine rings is 1. The van der Waals surface area contributed by atoms with E-state index in [1.54, 1.807) is 14.0 Å². The van der Waals surface area contributed by atoms with Gasteiger partial charge in [0.25, 0.3) is 0 Å². The van der Waals surface area contributed by atoms with Crippen LogP contribution in [0.3, 0.4) is 0 Å². The van der Waals surface area contributed by atoms with Gasteiger partial charge in [-0.2, -0.15) is 0 Å². The normalized spacial score (nSPS) is 27.1. The number of nitrogens with zero attached hydrogens (tertiary/aromatic N) is 1. The van der Waals surface area contributed by atoms with Crippen LogP contribution in [0.15, 0.2) is 30.0 Å². The molecule has 0 spiro atoms. The van der Waals surface area contributed by atoms with Gasteiger partial charge in [-0.1, -0.05) is 6.92 Å². The summed E-state index contributed by atoms with van der Waals surface area (Å²) in [6.45, 7) is 10.4. The van der Waals surface area contributed by atoms with E-state index >= 15 is 0 Å². The molecule has 2 aromatic rings. The first-order chi connectivity index (χ1) is 14.9. The Bertz CT molecular complexity index is 976. The number of nitrogens with one attached hydrogen (secondary N) is 1. The zero-order valence-corrected chi connectivity index (χ0v) is 19.5. The van der Waals surface area contributed by atoms with Gasteiger partial charge in [-0.15, -0.1) is 0 Å². The Morgan fingerprint density at radius 3 is 2.84 bits per heavy atom. The average molecular weight is 425 g/mol. The number of fused-ring (bicyclic) bond motifs is 6. The van der Waals surface area contributed by atoms with Crippen molar-refractivity contribution in [1.29, 1.82) is 0 Å². The Labute approximate surface area is 185 Å². The average Bonchev–Trinajstić information content (AvgIpc) is 3.14. The molecule has 5 nitrogen and oxygen atoms in total. The van der Waals surface area contributed by atoms with Crippen molar-refractivity contribution in [3.8, 4) is 5.75 Å². The molecular weight excluding hydrogens is 388 g/mol. The lowest BCUT2D eigenvalue weighted by Gasteiger charge is -2.49. The van der Waals surface area contributed by atoms with Gasteiger partial charge in [-0.3, -0.25) is 4.90 Å². The maximum atomic E-state index is 10.0. The number of allylic oxidation sites excluding steroid dienone is 1. The van der Waals surface area contributed by atoms with Crippen molar-refractivity contribution in [3.05, 3.63) is 41.3 Å². The van der Waals surface area contributed by atoms with E-state index in [1.165, 1.54) is 34.2 Å². The first-order valence-electron chi connectivity index (χ1n) is 11.7. The second-order valence-electron chi connectivity index (χ2n) is 9.35. The predicted molar refractivity (Wildman–Crippen MR) is 124 cm³/mol. The van der Waals surface area contributed by atoms with Gasteiger partial charge in [-0.25, -0.2) is 0 Å². The molecule has 0 amide bonds. The monoisotopic (exact) mass is 424 g/mol. The highest BCUT2D eigenvalue weighted by Gasteiger charge is 2.44. The van der Waals surface area contributed by atoms with Gasteiger partial charge >= 0.3 is 0 Å². The second-order valence-corrected chi connectivity index (χ2v) is 9.35. The van der Waals surface area contributed by atoms with E-state index in [0.717, 1.165) is 38.1 Å². The van der Waals surface area contributed by atoms with Crippen molar-refractivity contribution < 1.29 is 14.3 Å². The molecule has 1 N–H and O–H groups in total. The van der Waals surface area contributed by atoms with Crippen LogP contribution in [0.1, 0.15) is 64.3 Å². The molecule has 1 fully saturated rings. The van der Waals surface area contributed by atoms with E-state index in [4.69, 9.17) is 9.47 Å². The molecule has 5 rings (SSSR count). The summed E-state index contributed by atoms with van der Waals surface area (Å²) >= 11 is 0. The molecule has 168 valence electrons. The number of carbonyl (C=O) groups excluding carboxylic acids is 1. The van der Waals surface area contributed by atoms with E-state index in [9.17, 15) is 4.79 Å². The summed E-state index contributed by atoms with van der Waals surface area (Å²) in [6, 6.07) is 6.92. The number of ketones is 1. The van der Waals surface area contributed by atoms with E-state index < -0.39 is 0 Å². The van der Waals surface area contributed by atoms with E-state index in [0.29, 0.717) is 24.0 Å². The lowest BCUT2D eigenvalue weighted by molar-refractivity contribution is -0.117. The number of benzene rings is 1. The Morgan fingerprint density at radius 1 is 1.35 bits per heavy atom. The number of aromatic nitrogens is 1. The summed E-state index contributed by atoms with van der Waals surface area (Å²) in [7, 11) is 1.73. The number of Topliss-reactive ketones (excluding diaryl/α,β-unsaturated/α-hetero) is 1. The minimum Gasteiger partial charge on any atom is -0.498 e. The zero-order valence-electron chi connectivity index (χ0n) is 19.5. The van der Waals surface area contributed by atoms with Crippen molar-refractivity contribution in [2.24, 2.45) is 11.8 Å². The van der Waals surface area contributed by atoms with Crippen molar-refractivity contribution in [1.82, 2.24) is 9.88 Å². The van der Waals surface area contributed by atoms with Crippen molar-refractivity contribution in [3.63, 3.8) is 0 Å². The molecule has 4 unspecified atom stereocenters. The minimum absolute atomic E-state index is 0.289. The summed E-state index contributed by atoms with van der Waals surface area (Å²) in [4.78, 5) is 16.5. The number of ether oxygens (including phenoxy) is 2. The number of carbonyl (C=O) groups is 1. The molecule has 0 bridgehead atoms. The predicted octanol–water partition coefficient (Wildman–Crippen LogP) is 5.41. The van der Waals surface area contributed by atoms with Gasteiger partial charge < -0.3 is 19.3 Å². The molecule has 1 saturated heterocycles. The van der Waals surface area contributed by atoms with E-state index in [1.807, 2.05) is 13.2 Å². The standard InChI is InChI=1S/C21H26N2O2.C5H10O/c1-12-11-25-13(2)18-10-23-7-6-16-15-5-4-14(24-3)8-19(15)22-21(16)20(23)9-17(12)18;1-3-4-5(2)6/h4-5,8,11,13,17-18,20,22H,6-7,9-10H2,1-3H3;3-4H2,1-2H3. The molecule has 0 aliphatic carbocycles. The molecular formula is C26H36N2O3. The zero-order chi connectivity index (χ0) is 22.1. The highest BCUT2D eigenvalue weighted by atomic mass is 16.5. The molecule has 3 aliphatic heterocycles. The third kappa shape index (κ3) is 4.25. The van der Waals surface area contributed by atoms with Gasteiger partial charge in [0.05, 0.1) is 25.5 Å². The SMILES string of the molecule is CCCC(C)=O.COc1ccc2c3c([nH]c2c1)C1CC2C(C)=COC(C)C2CN1CC3. The van der Waals surface area contributed by atoms with Crippen LogP contribution in [-0.4, -0.2) is 42.0 Å². The van der Waals surface area contributed by atoms with Gasteiger partial charge in [0.15, 0.2) is 0 Å². The number of hydrogen-bond donors (Lipinski definition) is 1. The summed E-state index contributed by atoms with van der Waals surface area (Å²) in [5.41, 5.74) is 5.56. The smallest absolute Gasteiger partial charge is 0.129 e. The fourth-order valence-electron chi connectivity index (χ4n) is 5.58. The van der Waals surface area contributed by atoms with Crippen LogP contribution in [0.25, 0.3) is 10.9 Å². The van der Waals surface area contributed by atoms with E-state index in [-0.39, 0.29) is 5.78 Å². The molecule has 31 heavy (non-hydrogen) atoms. The first-order valence-corrected chi connectivity index (χ1v) is 11.7. The van der Waals surface area contributed by atoms with Crippen molar-refractivity contribution in [2.75, 3.05) is 20.2 Å². The van der Waals surface area contributed by atoms with E-state index in [2.05, 4.69) is 41.9 Å². The highest BCUT2D eigenvalue weighted by molar-refractivity contribution is 5.86. The molecule has 5 heteroatoms. The lowest BCUT2D eigenvalue weighted by Crippen LogP contribution is -2.50. The Hall–Kier alpha value is -2.27. The van der Waals surface area contributed by atoms with Gasteiger partial charge in [0.1, 0.15) is 11.5 Å². The third-order valence-corrected chi connectivity index (χ3v) is 7.27. The van der Waals surface area contributed by atoms with Crippen molar-refractivity contribution >= 4 is 16.7 Å². The van der Waals surface area contributed by atoms with Crippen LogP contribution >= 0.6 is 0 Å². The molecule has 1 aromatic carbocycles. The molecule has 0 saturated carbocycles. The van der Waals surface area contributed by atoms with Crippen LogP contribution in [0.5, 0.6) is 5.75 Å². The number of H-pyrrole nitrogens is 1. The number of hydrogen-bond acceptors (Lipinski definition) is 4. The molecule has 3 aliphatic rings. The van der Waals surface area contributed by atoms with Crippen LogP contribution in [0.2, 0.25) is 0 Å². The lowest BCUT2D eigenvalue weighted by atomic mass is 9.72. The van der Waals surface area contributed by atoms with Gasteiger partial charge in [0.2, 0.25) is 0 Å². The second kappa shape index (κ2) is 9.07. The van der Waals surface area contributed by atoms with Crippen molar-refractivity contribution in [2.45, 2.75) is 65.5 Å². The van der Waals surface area contributed by atoms with Gasteiger partial charge in [-0.05, 0) is 69.2 Å². The molecule has 0 radical (unpaired) electrons. The highest BCUT2D eigenvalue weighted by Crippen LogP contribution is 2.47. The van der Waals surface area contributed by atoms with Crippen LogP contribution in [0, 0.1) is 11.8 Å². The Balaban J connectivity index is 0.000000342. The number of methoxy groups -OCH3 is 1. The quantitative estimate of drug-likeness (QED) is 0.716. The first kappa shape index (κ1) is 21.9. The summed E-state index contributed by atoms with van der Waals surface area (Å²) in [5.74, 6) is 2.46. The topological polar surface area (TPSA) is 54.6 Å². The summed E-state index contributed by atoms with van der Waals surface area (Å²) in [5, 5.41) is 1.37. The number of aromatic amines is 1. The Kier molecular flexibility index (Phi) is 6.42. The molecule has 4 heterocycles. The fourth-order valence-corrected chi connectivity index (χ4v) is 5.58. The van der Waals surface area contributed by atoms with Gasteiger partial charge in [0, 0.05) is 48.1 Å². The summed E-state index contributed by atoms with van der Waals surface area (Å²) < 4.78 is 11.3.